The fourth-order valence-electron chi connectivity index (χ4n) is 2.62. The van der Waals surface area contributed by atoms with E-state index in [1.165, 1.54) is 0 Å². The van der Waals surface area contributed by atoms with Gasteiger partial charge in [0.25, 0.3) is 5.91 Å². The van der Waals surface area contributed by atoms with Crippen LogP contribution in [0.5, 0.6) is 5.75 Å². The number of carbonyl (C=O) groups is 2. The van der Waals surface area contributed by atoms with Crippen LogP contribution in [0, 0.1) is 5.92 Å². The Bertz CT molecular complexity index is 569. The molecule has 0 aromatic heterocycles. The van der Waals surface area contributed by atoms with E-state index in [1.54, 1.807) is 23.1 Å². The molecule has 1 heterocycles. The van der Waals surface area contributed by atoms with E-state index in [9.17, 15) is 9.59 Å². The van der Waals surface area contributed by atoms with Crippen molar-refractivity contribution in [1.82, 2.24) is 0 Å². The Labute approximate surface area is 131 Å². The molecule has 0 aliphatic carbocycles. The van der Waals surface area contributed by atoms with Gasteiger partial charge < -0.3 is 15.4 Å². The largest absolute Gasteiger partial charge is 0.478 e. The van der Waals surface area contributed by atoms with Gasteiger partial charge in [-0.2, -0.15) is 0 Å². The second kappa shape index (κ2) is 6.92. The molecule has 1 aliphatic rings. The molecule has 1 unspecified atom stereocenters. The van der Waals surface area contributed by atoms with Gasteiger partial charge in [-0.1, -0.05) is 13.8 Å². The van der Waals surface area contributed by atoms with Gasteiger partial charge in [0.05, 0.1) is 5.69 Å². The average Bonchev–Trinajstić information content (AvgIpc) is 2.51. The molecule has 1 aromatic carbocycles. The predicted octanol–water partition coefficient (Wildman–Crippen LogP) is 2.38. The minimum atomic E-state index is -0.466. The molecular weight excluding hydrogens is 280 g/mol. The van der Waals surface area contributed by atoms with E-state index in [1.807, 2.05) is 20.8 Å². The number of nitrogens with two attached hydrogens (primary N) is 1. The summed E-state index contributed by atoms with van der Waals surface area (Å²) in [4.78, 5) is 26.3. The van der Waals surface area contributed by atoms with Crippen LogP contribution < -0.4 is 15.4 Å². The highest BCUT2D eigenvalue weighted by Gasteiger charge is 2.35. The average molecular weight is 304 g/mol. The molecule has 2 N–H and O–H groups in total. The maximum Gasteiger partial charge on any atom is 0.268 e. The number of ketones is 1. The summed E-state index contributed by atoms with van der Waals surface area (Å²) in [6.07, 6.45) is 0.620. The van der Waals surface area contributed by atoms with Gasteiger partial charge in [0.2, 0.25) is 0 Å². The van der Waals surface area contributed by atoms with E-state index < -0.39 is 6.10 Å². The van der Waals surface area contributed by atoms with Crippen LogP contribution in [-0.2, 0) is 4.79 Å². The van der Waals surface area contributed by atoms with Crippen LogP contribution in [0.4, 0.5) is 5.69 Å². The molecule has 22 heavy (non-hydrogen) atoms. The Kier molecular flexibility index (Phi) is 5.19. The molecule has 1 aromatic rings. The van der Waals surface area contributed by atoms with Gasteiger partial charge in [-0.3, -0.25) is 9.59 Å². The van der Waals surface area contributed by atoms with Crippen LogP contribution in [0.3, 0.4) is 0 Å². The molecule has 1 atom stereocenters. The molecule has 0 bridgehead atoms. The van der Waals surface area contributed by atoms with Crippen LogP contribution in [-0.4, -0.2) is 30.9 Å². The molecule has 0 radical (unpaired) electrons. The van der Waals surface area contributed by atoms with Crippen molar-refractivity contribution in [1.29, 1.82) is 0 Å². The molecule has 2 rings (SSSR count). The smallest absolute Gasteiger partial charge is 0.268 e. The molecule has 0 saturated heterocycles. The summed E-state index contributed by atoms with van der Waals surface area (Å²) in [6.45, 7) is 6.90. The SMILES string of the molecule is CCN1C(=O)C(C(C)C)Oc2ccc(C(=O)CCCN)cc21. The molecule has 0 fully saturated rings. The lowest BCUT2D eigenvalue weighted by Gasteiger charge is -2.35. The van der Waals surface area contributed by atoms with E-state index >= 15 is 0 Å². The summed E-state index contributed by atoms with van der Waals surface area (Å²) in [5.41, 5.74) is 6.73. The third kappa shape index (κ3) is 3.14. The maximum atomic E-state index is 12.5. The standard InChI is InChI=1S/C17H24N2O3/c1-4-19-13-10-12(14(20)6-5-9-18)7-8-15(13)22-16(11(2)3)17(19)21/h7-8,10-11,16H,4-6,9,18H2,1-3H3. The topological polar surface area (TPSA) is 72.6 Å². The van der Waals surface area contributed by atoms with E-state index in [2.05, 4.69) is 0 Å². The number of fused-ring (bicyclic) bond motifs is 1. The first-order valence-electron chi connectivity index (χ1n) is 7.85. The van der Waals surface area contributed by atoms with Gasteiger partial charge in [0.15, 0.2) is 11.9 Å². The van der Waals surface area contributed by atoms with Crippen molar-refractivity contribution in [3.8, 4) is 5.75 Å². The summed E-state index contributed by atoms with van der Waals surface area (Å²) in [6, 6.07) is 5.31. The van der Waals surface area contributed by atoms with E-state index in [-0.39, 0.29) is 17.6 Å². The van der Waals surface area contributed by atoms with Gasteiger partial charge in [0.1, 0.15) is 5.75 Å². The normalized spacial score (nSPS) is 17.4. The number of benzene rings is 1. The van der Waals surface area contributed by atoms with Crippen molar-refractivity contribution in [2.45, 2.75) is 39.7 Å². The van der Waals surface area contributed by atoms with Gasteiger partial charge in [0, 0.05) is 18.5 Å². The number of rotatable bonds is 6. The first kappa shape index (κ1) is 16.5. The van der Waals surface area contributed by atoms with Crippen LogP contribution in [0.25, 0.3) is 0 Å². The Morgan fingerprint density at radius 1 is 1.41 bits per heavy atom. The quantitative estimate of drug-likeness (QED) is 0.819. The lowest BCUT2D eigenvalue weighted by atomic mass is 10.0. The zero-order chi connectivity index (χ0) is 16.3. The number of carbonyl (C=O) groups excluding carboxylic acids is 2. The molecule has 0 saturated carbocycles. The number of amides is 1. The van der Waals surface area contributed by atoms with Crippen LogP contribution in [0.15, 0.2) is 18.2 Å². The number of hydrogen-bond donors (Lipinski definition) is 1. The molecule has 1 amide bonds. The number of anilines is 1. The predicted molar refractivity (Wildman–Crippen MR) is 86.3 cm³/mol. The zero-order valence-corrected chi connectivity index (χ0v) is 13.5. The third-order valence-electron chi connectivity index (χ3n) is 3.86. The van der Waals surface area contributed by atoms with Crippen LogP contribution in [0.2, 0.25) is 0 Å². The first-order valence-corrected chi connectivity index (χ1v) is 7.85. The van der Waals surface area contributed by atoms with Gasteiger partial charge in [-0.05, 0) is 44.0 Å². The maximum absolute atomic E-state index is 12.5. The Hall–Kier alpha value is -1.88. The minimum absolute atomic E-state index is 0.0442. The van der Waals surface area contributed by atoms with E-state index in [0.29, 0.717) is 42.9 Å². The van der Waals surface area contributed by atoms with Gasteiger partial charge >= 0.3 is 0 Å². The van der Waals surface area contributed by atoms with Crippen molar-refractivity contribution >= 4 is 17.4 Å². The third-order valence-corrected chi connectivity index (χ3v) is 3.86. The van der Waals surface area contributed by atoms with Crippen molar-refractivity contribution in [3.63, 3.8) is 0 Å². The summed E-state index contributed by atoms with van der Waals surface area (Å²) >= 11 is 0. The van der Waals surface area contributed by atoms with Crippen molar-refractivity contribution in [2.75, 3.05) is 18.0 Å². The fraction of sp³-hybridized carbons (Fsp3) is 0.529. The highest BCUT2D eigenvalue weighted by Crippen LogP contribution is 2.36. The first-order chi connectivity index (χ1) is 10.5. The van der Waals surface area contributed by atoms with E-state index in [0.717, 1.165) is 0 Å². The summed E-state index contributed by atoms with van der Waals surface area (Å²) in [7, 11) is 0. The minimum Gasteiger partial charge on any atom is -0.478 e. The summed E-state index contributed by atoms with van der Waals surface area (Å²) in [5, 5.41) is 0. The lowest BCUT2D eigenvalue weighted by Crippen LogP contribution is -2.48. The molecule has 0 spiro atoms. The number of Topliss-reactive ketones (excluding diaryl/α,β-unsaturated/α-hetero) is 1. The van der Waals surface area contributed by atoms with Crippen molar-refractivity contribution < 1.29 is 14.3 Å². The highest BCUT2D eigenvalue weighted by molar-refractivity contribution is 6.03. The molecular formula is C17H24N2O3. The zero-order valence-electron chi connectivity index (χ0n) is 13.5. The van der Waals surface area contributed by atoms with Crippen molar-refractivity contribution in [3.05, 3.63) is 23.8 Å². The summed E-state index contributed by atoms with van der Waals surface area (Å²) in [5.74, 6) is 0.760. The number of hydrogen-bond acceptors (Lipinski definition) is 4. The second-order valence-electron chi connectivity index (χ2n) is 5.86. The van der Waals surface area contributed by atoms with Gasteiger partial charge in [-0.15, -0.1) is 0 Å². The monoisotopic (exact) mass is 304 g/mol. The molecule has 1 aliphatic heterocycles. The Morgan fingerprint density at radius 3 is 2.73 bits per heavy atom. The Balaban J connectivity index is 2.34. The van der Waals surface area contributed by atoms with Crippen LogP contribution >= 0.6 is 0 Å². The van der Waals surface area contributed by atoms with Crippen LogP contribution in [0.1, 0.15) is 44.0 Å². The van der Waals surface area contributed by atoms with E-state index in [4.69, 9.17) is 10.5 Å². The lowest BCUT2D eigenvalue weighted by molar-refractivity contribution is -0.128. The highest BCUT2D eigenvalue weighted by atomic mass is 16.5. The molecule has 5 heteroatoms. The number of likely N-dealkylation sites (N-methyl/N-ethyl adjacent to an activating group) is 1. The second-order valence-corrected chi connectivity index (χ2v) is 5.86. The van der Waals surface area contributed by atoms with Crippen molar-refractivity contribution in [2.24, 2.45) is 11.7 Å². The molecule has 120 valence electrons. The number of ether oxygens (including phenoxy) is 1. The fourth-order valence-corrected chi connectivity index (χ4v) is 2.62. The number of nitrogens with zero attached hydrogens (tertiary/aromatic N) is 1. The molecule has 5 nitrogen and oxygen atoms in total. The van der Waals surface area contributed by atoms with Gasteiger partial charge in [-0.25, -0.2) is 0 Å². The summed E-state index contributed by atoms with van der Waals surface area (Å²) < 4.78 is 5.83. The Morgan fingerprint density at radius 2 is 2.14 bits per heavy atom.